The van der Waals surface area contributed by atoms with E-state index in [4.69, 9.17) is 18.8 Å². The number of hydrogen-bond donors (Lipinski definition) is 6. The van der Waals surface area contributed by atoms with E-state index in [-0.39, 0.29) is 72.8 Å². The summed E-state index contributed by atoms with van der Waals surface area (Å²) in [4.78, 5) is 54.9. The summed E-state index contributed by atoms with van der Waals surface area (Å²) in [6, 6.07) is 8.34. The number of amidine groups is 1. The van der Waals surface area contributed by atoms with E-state index in [0.717, 1.165) is 0 Å². The van der Waals surface area contributed by atoms with Crippen LogP contribution in [-0.4, -0.2) is 115 Å². The van der Waals surface area contributed by atoms with Gasteiger partial charge in [-0.1, -0.05) is 6.07 Å². The molecule has 20 heteroatoms. The van der Waals surface area contributed by atoms with Gasteiger partial charge in [-0.3, -0.25) is 35.2 Å². The highest BCUT2D eigenvalue weighted by atomic mass is 79.9. The minimum Gasteiger partial charge on any atom is -0.378 e. The number of carbonyl (C=O) groups excluding carboxylic acids is 4. The van der Waals surface area contributed by atoms with Crippen molar-refractivity contribution in [1.82, 2.24) is 31.3 Å². The van der Waals surface area contributed by atoms with E-state index in [9.17, 15) is 28.8 Å². The molecule has 0 radical (unpaired) electrons. The van der Waals surface area contributed by atoms with Crippen molar-refractivity contribution < 1.29 is 47.6 Å². The van der Waals surface area contributed by atoms with Gasteiger partial charge in [0, 0.05) is 49.4 Å². The molecule has 0 bridgehead atoms. The van der Waals surface area contributed by atoms with E-state index in [2.05, 4.69) is 52.5 Å². The van der Waals surface area contributed by atoms with Crippen LogP contribution in [0.1, 0.15) is 34.5 Å². The Morgan fingerprint density at radius 2 is 1.85 bits per heavy atom. The van der Waals surface area contributed by atoms with Gasteiger partial charge in [-0.2, -0.15) is 0 Å². The Bertz CT molecular complexity index is 1780. The Morgan fingerprint density at radius 1 is 1.06 bits per heavy atom. The largest absolute Gasteiger partial charge is 0.378 e. The fraction of sp³-hybridized carbons (Fsp3) is 0.406. The van der Waals surface area contributed by atoms with Gasteiger partial charge in [0.1, 0.15) is 18.5 Å². The van der Waals surface area contributed by atoms with Crippen LogP contribution in [0.4, 0.5) is 21.6 Å². The zero-order valence-electron chi connectivity index (χ0n) is 27.8. The number of carbonyl (C=O) groups is 4. The highest BCUT2D eigenvalue weighted by molar-refractivity contribution is 9.10. The summed E-state index contributed by atoms with van der Waals surface area (Å²) in [6.07, 6.45) is 0.408. The Labute approximate surface area is 304 Å². The summed E-state index contributed by atoms with van der Waals surface area (Å²) < 4.78 is 34.9. The molecule has 2 aliphatic rings. The number of fused-ring (bicyclic) bond motifs is 1. The number of anilines is 2. The van der Waals surface area contributed by atoms with Gasteiger partial charge in [-0.15, -0.1) is 0 Å². The molecule has 5 rings (SSSR count). The molecule has 278 valence electrons. The lowest BCUT2D eigenvalue weighted by Gasteiger charge is -2.29. The molecule has 2 aromatic carbocycles. The van der Waals surface area contributed by atoms with Gasteiger partial charge >= 0.3 is 0 Å². The Balaban J connectivity index is 0.886. The lowest BCUT2D eigenvalue weighted by Crippen LogP contribution is -2.52. The van der Waals surface area contributed by atoms with Crippen molar-refractivity contribution in [2.24, 2.45) is 4.99 Å². The average molecular weight is 791 g/mol. The molecule has 52 heavy (non-hydrogen) atoms. The van der Waals surface area contributed by atoms with Crippen LogP contribution in [0.25, 0.3) is 0 Å². The smallest absolute Gasteiger partial charge is 0.255 e. The van der Waals surface area contributed by atoms with Crippen molar-refractivity contribution in [3.8, 4) is 0 Å². The summed E-state index contributed by atoms with van der Waals surface area (Å²) in [5.74, 6) is -1.83. The first kappa shape index (κ1) is 38.4. The number of piperidine rings is 1. The van der Waals surface area contributed by atoms with Crippen LogP contribution in [0, 0.1) is 5.82 Å². The molecular formula is C32H37BrFN9O9. The number of rotatable bonds is 19. The van der Waals surface area contributed by atoms with Gasteiger partial charge in [0.15, 0.2) is 11.5 Å². The summed E-state index contributed by atoms with van der Waals surface area (Å²) >= 11 is 3.09. The van der Waals surface area contributed by atoms with Crippen LogP contribution >= 0.6 is 15.9 Å². The third-order valence-electron chi connectivity index (χ3n) is 7.81. The highest BCUT2D eigenvalue weighted by Crippen LogP contribution is 2.32. The summed E-state index contributed by atoms with van der Waals surface area (Å²) in [7, 11) is 0. The summed E-state index contributed by atoms with van der Waals surface area (Å²) in [6.45, 7) is 3.08. The van der Waals surface area contributed by atoms with E-state index in [1.54, 1.807) is 18.2 Å². The van der Waals surface area contributed by atoms with Crippen LogP contribution < -0.4 is 26.7 Å². The number of hydroxylamine groups is 1. The molecule has 1 unspecified atom stereocenters. The van der Waals surface area contributed by atoms with E-state index in [1.807, 2.05) is 5.48 Å². The molecular weight excluding hydrogens is 753 g/mol. The van der Waals surface area contributed by atoms with E-state index in [1.165, 1.54) is 23.1 Å². The fourth-order valence-electron chi connectivity index (χ4n) is 5.31. The van der Waals surface area contributed by atoms with Crippen molar-refractivity contribution in [3.63, 3.8) is 0 Å². The number of benzene rings is 2. The molecule has 1 aromatic heterocycles. The zero-order valence-corrected chi connectivity index (χ0v) is 29.4. The van der Waals surface area contributed by atoms with Gasteiger partial charge in [0.2, 0.25) is 23.5 Å². The molecule has 3 aromatic rings. The zero-order chi connectivity index (χ0) is 36.9. The Kier molecular flexibility index (Phi) is 14.1. The molecule has 0 aliphatic carbocycles. The van der Waals surface area contributed by atoms with Gasteiger partial charge in [-0.25, -0.2) is 14.0 Å². The standard InChI is InChI=1S/C32H37BrFN9O9/c33-22-16-19(4-5-23(22)34)37-30(40-48)28-29(42-52-41-28)36-9-8-35-10-11-49-12-13-50-14-15-51-18-27(45)38-24-3-1-2-20-21(24)17-43(32(20)47)25-6-7-26(44)39-31(25)46/h1-5,16,25,35,48H,6-15,17-18H2,(H,36,42)(H,37,40)(H,38,45)(H,39,44,46). The summed E-state index contributed by atoms with van der Waals surface area (Å²) in [5.41, 5.74) is 3.92. The van der Waals surface area contributed by atoms with Crippen molar-refractivity contribution in [2.75, 3.05) is 69.9 Å². The first-order chi connectivity index (χ1) is 25.2. The second-order valence-electron chi connectivity index (χ2n) is 11.4. The maximum Gasteiger partial charge on any atom is 0.255 e. The van der Waals surface area contributed by atoms with Gasteiger partial charge in [0.05, 0.1) is 43.2 Å². The third kappa shape index (κ3) is 10.4. The van der Waals surface area contributed by atoms with E-state index < -0.39 is 23.7 Å². The van der Waals surface area contributed by atoms with Crippen molar-refractivity contribution in [1.29, 1.82) is 0 Å². The van der Waals surface area contributed by atoms with Gasteiger partial charge < -0.3 is 35.1 Å². The number of hydrogen-bond acceptors (Lipinski definition) is 14. The molecule has 2 aliphatic heterocycles. The Hall–Kier alpha value is -4.86. The van der Waals surface area contributed by atoms with Gasteiger partial charge in [-0.05, 0) is 63.0 Å². The van der Waals surface area contributed by atoms with Crippen LogP contribution in [0.5, 0.6) is 0 Å². The monoisotopic (exact) mass is 789 g/mol. The Morgan fingerprint density at radius 3 is 2.62 bits per heavy atom. The van der Waals surface area contributed by atoms with Crippen LogP contribution in [0.15, 0.2) is 50.5 Å². The van der Waals surface area contributed by atoms with Crippen LogP contribution in [-0.2, 0) is 35.1 Å². The molecule has 3 heterocycles. The molecule has 18 nitrogen and oxygen atoms in total. The number of nitrogens with zero attached hydrogens (tertiary/aromatic N) is 4. The predicted octanol–water partition coefficient (Wildman–Crippen LogP) is 1.48. The number of nitrogens with one attached hydrogen (secondary N) is 5. The molecule has 0 saturated carbocycles. The van der Waals surface area contributed by atoms with E-state index in [0.29, 0.717) is 62.0 Å². The predicted molar refractivity (Wildman–Crippen MR) is 184 cm³/mol. The lowest BCUT2D eigenvalue weighted by atomic mass is 10.0. The SMILES string of the molecule is O=C1CCC(N2Cc3c(NC(=O)COCCOCCOCCNCCNc4nonc4C(=Nc4ccc(F)c(Br)c4)NO)cccc3C2=O)C(=O)N1. The number of aliphatic imine (C=N–C) groups is 1. The molecule has 1 saturated heterocycles. The van der Waals surface area contributed by atoms with Crippen molar-refractivity contribution in [2.45, 2.75) is 25.4 Å². The number of amides is 4. The fourth-order valence-corrected chi connectivity index (χ4v) is 5.67. The molecule has 0 spiro atoms. The average Bonchev–Trinajstić information content (AvgIpc) is 3.73. The topological polar surface area (TPSA) is 231 Å². The number of ether oxygens (including phenoxy) is 3. The molecule has 6 N–H and O–H groups in total. The van der Waals surface area contributed by atoms with Crippen LogP contribution in [0.3, 0.4) is 0 Å². The minimum absolute atomic E-state index is 0.0452. The number of imide groups is 1. The van der Waals surface area contributed by atoms with Crippen molar-refractivity contribution in [3.05, 3.63) is 63.5 Å². The first-order valence-corrected chi connectivity index (χ1v) is 17.1. The highest BCUT2D eigenvalue weighted by Gasteiger charge is 2.40. The second kappa shape index (κ2) is 19.1. The third-order valence-corrected chi connectivity index (χ3v) is 8.42. The van der Waals surface area contributed by atoms with E-state index >= 15 is 0 Å². The quantitative estimate of drug-likeness (QED) is 0.0332. The maximum atomic E-state index is 13.5. The van der Waals surface area contributed by atoms with Crippen LogP contribution in [0.2, 0.25) is 0 Å². The maximum absolute atomic E-state index is 13.5. The minimum atomic E-state index is -0.743. The molecule has 1 atom stereocenters. The molecule has 1 fully saturated rings. The lowest BCUT2D eigenvalue weighted by molar-refractivity contribution is -0.137. The summed E-state index contributed by atoms with van der Waals surface area (Å²) in [5, 5.41) is 28.4. The second-order valence-corrected chi connectivity index (χ2v) is 12.2. The number of aromatic nitrogens is 2. The van der Waals surface area contributed by atoms with Gasteiger partial charge in [0.25, 0.3) is 5.91 Å². The number of halogens is 2. The van der Waals surface area contributed by atoms with Crippen molar-refractivity contribution >= 4 is 62.6 Å². The first-order valence-electron chi connectivity index (χ1n) is 16.3. The molecule has 4 amide bonds. The normalized spacial score (nSPS) is 15.8.